The highest BCUT2D eigenvalue weighted by Crippen LogP contribution is 2.21. The molecule has 0 spiro atoms. The van der Waals surface area contributed by atoms with Gasteiger partial charge in [0, 0.05) is 31.6 Å². The van der Waals surface area contributed by atoms with Crippen LogP contribution in [0.3, 0.4) is 0 Å². The van der Waals surface area contributed by atoms with Crippen LogP contribution in [0.25, 0.3) is 0 Å². The molecular weight excluding hydrogens is 468 g/mol. The van der Waals surface area contributed by atoms with Gasteiger partial charge in [0.05, 0.1) is 32.0 Å². The zero-order valence-electron chi connectivity index (χ0n) is 24.4. The first-order chi connectivity index (χ1) is 17.5. The van der Waals surface area contributed by atoms with Crippen molar-refractivity contribution >= 4 is 11.6 Å². The van der Waals surface area contributed by atoms with Crippen molar-refractivity contribution in [2.75, 3.05) is 46.2 Å². The number of carbonyl (C=O) groups excluding carboxylic acids is 2. The van der Waals surface area contributed by atoms with Crippen molar-refractivity contribution in [2.45, 2.75) is 98.5 Å². The van der Waals surface area contributed by atoms with Crippen LogP contribution in [0.4, 0.5) is 0 Å². The molecule has 37 heavy (non-hydrogen) atoms. The minimum absolute atomic E-state index is 0.140. The van der Waals surface area contributed by atoms with Gasteiger partial charge in [-0.2, -0.15) is 0 Å². The van der Waals surface area contributed by atoms with Crippen LogP contribution >= 0.6 is 0 Å². The van der Waals surface area contributed by atoms with Crippen molar-refractivity contribution in [3.8, 4) is 0 Å². The molecule has 0 aliphatic rings. The Kier molecular flexibility index (Phi) is 16.8. The van der Waals surface area contributed by atoms with E-state index in [0.717, 1.165) is 44.1 Å². The summed E-state index contributed by atoms with van der Waals surface area (Å²) < 4.78 is 22.1. The van der Waals surface area contributed by atoms with Crippen molar-refractivity contribution in [1.29, 1.82) is 0 Å². The van der Waals surface area contributed by atoms with Gasteiger partial charge in [-0.15, -0.1) is 0 Å². The lowest BCUT2D eigenvalue weighted by atomic mass is 9.88. The summed E-state index contributed by atoms with van der Waals surface area (Å²) in [5, 5.41) is 0. The molecule has 0 aliphatic carbocycles. The number of unbranched alkanes of at least 4 members (excludes halogenated alkanes) is 2. The lowest BCUT2D eigenvalue weighted by Gasteiger charge is -2.18. The maximum Gasteiger partial charge on any atom is 0.162 e. The van der Waals surface area contributed by atoms with Gasteiger partial charge in [-0.25, -0.2) is 0 Å². The van der Waals surface area contributed by atoms with Gasteiger partial charge in [0.25, 0.3) is 0 Å². The fourth-order valence-corrected chi connectivity index (χ4v) is 3.45. The number of ketones is 2. The van der Waals surface area contributed by atoms with Gasteiger partial charge in [0.15, 0.2) is 11.6 Å². The summed E-state index contributed by atoms with van der Waals surface area (Å²) in [6.07, 6.45) is 6.63. The molecule has 0 saturated heterocycles. The fourth-order valence-electron chi connectivity index (χ4n) is 3.45. The van der Waals surface area contributed by atoms with Gasteiger partial charge < -0.3 is 18.9 Å². The minimum Gasteiger partial charge on any atom is -0.379 e. The fraction of sp³-hybridized carbons (Fsp3) is 0.742. The molecule has 212 valence electrons. The lowest BCUT2D eigenvalue weighted by Crippen LogP contribution is -2.23. The number of hydrogen-bond donors (Lipinski definition) is 0. The normalized spacial score (nSPS) is 12.2. The lowest BCUT2D eigenvalue weighted by molar-refractivity contribution is -0.128. The minimum atomic E-state index is -0.274. The quantitative estimate of drug-likeness (QED) is 0.134. The molecule has 1 rings (SSSR count). The van der Waals surface area contributed by atoms with E-state index in [1.165, 1.54) is 5.56 Å². The Hall–Kier alpha value is -1.60. The van der Waals surface area contributed by atoms with E-state index in [2.05, 4.69) is 32.9 Å². The van der Waals surface area contributed by atoms with Gasteiger partial charge in [0.2, 0.25) is 0 Å². The highest BCUT2D eigenvalue weighted by atomic mass is 16.5. The third kappa shape index (κ3) is 20.1. The smallest absolute Gasteiger partial charge is 0.162 e. The third-order valence-electron chi connectivity index (χ3n) is 5.79. The average molecular weight is 521 g/mol. The first-order valence-corrected chi connectivity index (χ1v) is 14.0. The number of Topliss-reactive ketones (excluding diaryl/α,β-unsaturated/α-hetero) is 2. The monoisotopic (exact) mass is 520 g/mol. The van der Waals surface area contributed by atoms with Gasteiger partial charge in [-0.3, -0.25) is 9.59 Å². The Balaban J connectivity index is 1.90. The van der Waals surface area contributed by atoms with E-state index in [0.29, 0.717) is 57.9 Å². The summed E-state index contributed by atoms with van der Waals surface area (Å²) in [4.78, 5) is 24.1. The second-order valence-electron chi connectivity index (χ2n) is 11.9. The second kappa shape index (κ2) is 18.6. The van der Waals surface area contributed by atoms with E-state index in [9.17, 15) is 9.59 Å². The van der Waals surface area contributed by atoms with Crippen molar-refractivity contribution in [3.63, 3.8) is 0 Å². The molecule has 0 N–H and O–H groups in total. The summed E-state index contributed by atoms with van der Waals surface area (Å²) >= 11 is 0. The number of rotatable bonds is 21. The largest absolute Gasteiger partial charge is 0.379 e. The maximum absolute atomic E-state index is 12.4. The van der Waals surface area contributed by atoms with Crippen LogP contribution in [0.2, 0.25) is 0 Å². The molecule has 0 radical (unpaired) electrons. The van der Waals surface area contributed by atoms with Crippen molar-refractivity contribution in [2.24, 2.45) is 5.41 Å². The Bertz CT molecular complexity index is 742. The molecule has 0 fully saturated rings. The van der Waals surface area contributed by atoms with Crippen LogP contribution in [-0.4, -0.2) is 63.4 Å². The van der Waals surface area contributed by atoms with Crippen LogP contribution in [0.15, 0.2) is 24.3 Å². The van der Waals surface area contributed by atoms with Crippen molar-refractivity contribution < 1.29 is 28.5 Å². The van der Waals surface area contributed by atoms with Crippen LogP contribution in [0, 0.1) is 5.41 Å². The number of hydrogen-bond acceptors (Lipinski definition) is 6. The average Bonchev–Trinajstić information content (AvgIpc) is 2.83. The predicted molar refractivity (Wildman–Crippen MR) is 149 cm³/mol. The first kappa shape index (κ1) is 33.4. The van der Waals surface area contributed by atoms with E-state index in [4.69, 9.17) is 18.9 Å². The van der Waals surface area contributed by atoms with Gasteiger partial charge in [0.1, 0.15) is 6.61 Å². The van der Waals surface area contributed by atoms with E-state index >= 15 is 0 Å². The predicted octanol–water partition coefficient (Wildman–Crippen LogP) is 6.62. The molecule has 6 nitrogen and oxygen atoms in total. The zero-order chi connectivity index (χ0) is 27.6. The Morgan fingerprint density at radius 1 is 0.676 bits per heavy atom. The maximum atomic E-state index is 12.4. The number of aryl methyl sites for hydroxylation is 1. The summed E-state index contributed by atoms with van der Waals surface area (Å²) in [5.41, 5.74) is 2.14. The van der Waals surface area contributed by atoms with Crippen LogP contribution < -0.4 is 0 Å². The molecule has 1 aromatic rings. The summed E-state index contributed by atoms with van der Waals surface area (Å²) in [6, 6.07) is 8.09. The Labute approximate surface area is 225 Å². The highest BCUT2D eigenvalue weighted by molar-refractivity contribution is 5.96. The molecule has 1 aromatic carbocycles. The SMILES string of the molecule is CC(C)(C)CCc1ccc(C(=O)CCCCOCCOCCOCCCCC(=O)COC(C)(C)C)cc1. The zero-order valence-corrected chi connectivity index (χ0v) is 24.4. The first-order valence-electron chi connectivity index (χ1n) is 14.0. The standard InChI is InChI=1S/C31H52O6/c1-30(2,3)18-17-26-13-15-27(16-14-26)29(33)12-8-10-20-35-22-24-36-23-21-34-19-9-7-11-28(32)25-37-31(4,5)6/h13-16H,7-12,17-25H2,1-6H3. The van der Waals surface area contributed by atoms with Gasteiger partial charge in [-0.1, -0.05) is 45.0 Å². The molecule has 0 amide bonds. The summed E-state index contributed by atoms with van der Waals surface area (Å²) in [7, 11) is 0. The topological polar surface area (TPSA) is 71.1 Å². The molecule has 0 bridgehead atoms. The number of benzene rings is 1. The summed E-state index contributed by atoms with van der Waals surface area (Å²) in [5.74, 6) is 0.341. The van der Waals surface area contributed by atoms with Crippen molar-refractivity contribution in [1.82, 2.24) is 0 Å². The highest BCUT2D eigenvalue weighted by Gasteiger charge is 2.13. The van der Waals surface area contributed by atoms with Crippen LogP contribution in [-0.2, 0) is 30.2 Å². The van der Waals surface area contributed by atoms with E-state index < -0.39 is 0 Å². The Morgan fingerprint density at radius 2 is 1.19 bits per heavy atom. The van der Waals surface area contributed by atoms with Gasteiger partial charge >= 0.3 is 0 Å². The van der Waals surface area contributed by atoms with Gasteiger partial charge in [-0.05, 0) is 70.3 Å². The molecule has 6 heteroatoms. The van der Waals surface area contributed by atoms with E-state index in [1.54, 1.807) is 0 Å². The van der Waals surface area contributed by atoms with Crippen LogP contribution in [0.5, 0.6) is 0 Å². The molecule has 0 aromatic heterocycles. The van der Waals surface area contributed by atoms with E-state index in [-0.39, 0.29) is 23.8 Å². The summed E-state index contributed by atoms with van der Waals surface area (Å²) in [6.45, 7) is 16.2. The molecule has 0 atom stereocenters. The van der Waals surface area contributed by atoms with Crippen LogP contribution in [0.1, 0.15) is 102 Å². The van der Waals surface area contributed by atoms with Crippen molar-refractivity contribution in [3.05, 3.63) is 35.4 Å². The molecule has 0 aliphatic heterocycles. The third-order valence-corrected chi connectivity index (χ3v) is 5.79. The molecular formula is C31H52O6. The number of carbonyl (C=O) groups is 2. The second-order valence-corrected chi connectivity index (χ2v) is 11.9. The Morgan fingerprint density at radius 3 is 1.70 bits per heavy atom. The number of ether oxygens (including phenoxy) is 4. The van der Waals surface area contributed by atoms with E-state index in [1.807, 2.05) is 32.9 Å². The molecule has 0 unspecified atom stereocenters. The molecule has 0 saturated carbocycles. The molecule has 0 heterocycles.